The predicted octanol–water partition coefficient (Wildman–Crippen LogP) is 1.06. The zero-order chi connectivity index (χ0) is 10.5. The maximum Gasteiger partial charge on any atom is 0.213 e. The molecule has 0 bridgehead atoms. The molecule has 1 N–H and O–H groups in total. The standard InChI is InChI=1S/C10H11N2O3/c1-13-9-2-4-10(5-3-9)14-8-12-6-7-15-11-12/h2-6,11H,8H2,1H3. The summed E-state index contributed by atoms with van der Waals surface area (Å²) in [6, 6.07) is 7.35. The maximum absolute atomic E-state index is 5.45. The highest BCUT2D eigenvalue weighted by atomic mass is 16.7. The van der Waals surface area contributed by atoms with Gasteiger partial charge in [0.25, 0.3) is 0 Å². The third-order valence-electron chi connectivity index (χ3n) is 1.86. The largest absolute Gasteiger partial charge is 0.497 e. The molecule has 1 heterocycles. The Kier molecular flexibility index (Phi) is 2.94. The molecule has 1 aromatic rings. The van der Waals surface area contributed by atoms with Crippen LogP contribution < -0.4 is 15.1 Å². The molecule has 0 fully saturated rings. The number of rotatable bonds is 4. The first kappa shape index (κ1) is 9.67. The van der Waals surface area contributed by atoms with Crippen molar-refractivity contribution in [3.8, 4) is 11.5 Å². The minimum Gasteiger partial charge on any atom is -0.497 e. The molecule has 0 spiro atoms. The minimum absolute atomic E-state index is 0.347. The molecular weight excluding hydrogens is 196 g/mol. The Morgan fingerprint density at radius 3 is 2.67 bits per heavy atom. The normalized spacial score (nSPS) is 13.8. The lowest BCUT2D eigenvalue weighted by Gasteiger charge is -2.14. The monoisotopic (exact) mass is 207 g/mol. The van der Waals surface area contributed by atoms with Gasteiger partial charge < -0.3 is 14.3 Å². The van der Waals surface area contributed by atoms with Crippen molar-refractivity contribution >= 4 is 0 Å². The number of nitrogens with one attached hydrogen (secondary N) is 1. The molecule has 1 aliphatic rings. The van der Waals surface area contributed by atoms with Crippen LogP contribution in [0.5, 0.6) is 11.5 Å². The molecule has 1 aliphatic heterocycles. The van der Waals surface area contributed by atoms with Gasteiger partial charge in [-0.25, -0.2) is 5.01 Å². The van der Waals surface area contributed by atoms with Gasteiger partial charge in [0.15, 0.2) is 6.73 Å². The second-order valence-electron chi connectivity index (χ2n) is 2.86. The van der Waals surface area contributed by atoms with Crippen LogP contribution in [0.1, 0.15) is 0 Å². The van der Waals surface area contributed by atoms with E-state index in [4.69, 9.17) is 9.47 Å². The highest BCUT2D eigenvalue weighted by molar-refractivity contribution is 5.31. The molecule has 0 atom stereocenters. The number of hydrogen-bond donors (Lipinski definition) is 1. The summed E-state index contributed by atoms with van der Waals surface area (Å²) in [5.74, 6) is 1.57. The lowest BCUT2D eigenvalue weighted by atomic mass is 10.3. The van der Waals surface area contributed by atoms with E-state index in [1.165, 1.54) is 0 Å². The summed E-state index contributed by atoms with van der Waals surface area (Å²) in [5, 5.41) is 1.62. The topological polar surface area (TPSA) is 43.0 Å². The van der Waals surface area contributed by atoms with Crippen LogP contribution in [0.3, 0.4) is 0 Å². The van der Waals surface area contributed by atoms with Crippen molar-refractivity contribution < 1.29 is 14.3 Å². The quantitative estimate of drug-likeness (QED) is 0.799. The number of ether oxygens (including phenoxy) is 2. The molecule has 0 aromatic heterocycles. The van der Waals surface area contributed by atoms with Crippen molar-refractivity contribution in [2.75, 3.05) is 13.8 Å². The van der Waals surface area contributed by atoms with Crippen molar-refractivity contribution in [2.24, 2.45) is 0 Å². The molecule has 0 saturated heterocycles. The number of hydrogen-bond acceptors (Lipinski definition) is 5. The Balaban J connectivity index is 1.85. The van der Waals surface area contributed by atoms with Crippen LogP contribution in [0.25, 0.3) is 0 Å². The first-order valence-corrected chi connectivity index (χ1v) is 4.42. The van der Waals surface area contributed by atoms with Gasteiger partial charge in [0, 0.05) is 0 Å². The molecule has 1 radical (unpaired) electrons. The fraction of sp³-hybridized carbons (Fsp3) is 0.200. The minimum atomic E-state index is 0.347. The maximum atomic E-state index is 5.45. The van der Waals surface area contributed by atoms with E-state index in [-0.39, 0.29) is 0 Å². The fourth-order valence-corrected chi connectivity index (χ4v) is 1.08. The van der Waals surface area contributed by atoms with Crippen molar-refractivity contribution in [1.82, 2.24) is 10.6 Å². The molecule has 0 unspecified atom stereocenters. The van der Waals surface area contributed by atoms with E-state index in [0.717, 1.165) is 11.5 Å². The first-order chi connectivity index (χ1) is 7.38. The van der Waals surface area contributed by atoms with Gasteiger partial charge in [-0.2, -0.15) is 0 Å². The van der Waals surface area contributed by atoms with Crippen LogP contribution in [-0.2, 0) is 4.84 Å². The van der Waals surface area contributed by atoms with Gasteiger partial charge in [-0.3, -0.25) is 0 Å². The fourth-order valence-electron chi connectivity index (χ4n) is 1.08. The van der Waals surface area contributed by atoms with Crippen LogP contribution in [0.2, 0.25) is 0 Å². The summed E-state index contributed by atoms with van der Waals surface area (Å²) in [6.07, 6.45) is 4.13. The van der Waals surface area contributed by atoms with Crippen LogP contribution in [-0.4, -0.2) is 18.8 Å². The van der Waals surface area contributed by atoms with Gasteiger partial charge in [0.1, 0.15) is 11.5 Å². The second-order valence-corrected chi connectivity index (χ2v) is 2.86. The van der Waals surface area contributed by atoms with E-state index >= 15 is 0 Å². The van der Waals surface area contributed by atoms with E-state index in [1.54, 1.807) is 18.3 Å². The Bertz CT molecular complexity index is 337. The van der Waals surface area contributed by atoms with E-state index in [2.05, 4.69) is 16.7 Å². The average Bonchev–Trinajstić information content (AvgIpc) is 2.80. The molecule has 79 valence electrons. The molecule has 0 amide bonds. The summed E-state index contributed by atoms with van der Waals surface area (Å²) < 4.78 is 10.5. The predicted molar refractivity (Wildman–Crippen MR) is 52.4 cm³/mol. The molecule has 0 saturated carbocycles. The van der Waals surface area contributed by atoms with Gasteiger partial charge in [0.2, 0.25) is 6.26 Å². The molecule has 0 aliphatic carbocycles. The van der Waals surface area contributed by atoms with Crippen LogP contribution in [0.15, 0.2) is 30.5 Å². The van der Waals surface area contributed by atoms with Crippen molar-refractivity contribution in [3.05, 3.63) is 36.7 Å². The molecule has 2 rings (SSSR count). The van der Waals surface area contributed by atoms with Gasteiger partial charge in [-0.15, -0.1) is 0 Å². The van der Waals surface area contributed by atoms with Gasteiger partial charge in [-0.1, -0.05) is 5.59 Å². The molecular formula is C10H11N2O3. The van der Waals surface area contributed by atoms with Crippen molar-refractivity contribution in [2.45, 2.75) is 0 Å². The van der Waals surface area contributed by atoms with E-state index in [9.17, 15) is 0 Å². The van der Waals surface area contributed by atoms with Crippen LogP contribution >= 0.6 is 0 Å². The Labute approximate surface area is 87.8 Å². The smallest absolute Gasteiger partial charge is 0.213 e. The first-order valence-electron chi connectivity index (χ1n) is 4.42. The van der Waals surface area contributed by atoms with Gasteiger partial charge in [0.05, 0.1) is 13.3 Å². The Morgan fingerprint density at radius 1 is 1.33 bits per heavy atom. The average molecular weight is 207 g/mol. The summed E-state index contributed by atoms with van der Waals surface area (Å²) in [5.41, 5.74) is 2.57. The van der Waals surface area contributed by atoms with Crippen LogP contribution in [0.4, 0.5) is 0 Å². The second kappa shape index (κ2) is 4.56. The highest BCUT2D eigenvalue weighted by Gasteiger charge is 2.05. The van der Waals surface area contributed by atoms with Gasteiger partial charge >= 0.3 is 0 Å². The molecule has 1 aromatic carbocycles. The lowest BCUT2D eigenvalue weighted by Crippen LogP contribution is -2.31. The van der Waals surface area contributed by atoms with Crippen LogP contribution in [0, 0.1) is 6.26 Å². The van der Waals surface area contributed by atoms with Crippen molar-refractivity contribution in [1.29, 1.82) is 0 Å². The third kappa shape index (κ3) is 2.54. The number of methoxy groups -OCH3 is 1. The lowest BCUT2D eigenvalue weighted by molar-refractivity contribution is -0.00956. The molecule has 15 heavy (non-hydrogen) atoms. The molecule has 5 heteroatoms. The van der Waals surface area contributed by atoms with Crippen molar-refractivity contribution in [3.63, 3.8) is 0 Å². The van der Waals surface area contributed by atoms with E-state index < -0.39 is 0 Å². The zero-order valence-corrected chi connectivity index (χ0v) is 8.27. The SMILES string of the molecule is COc1ccc(OCN2C=[C]ON2)cc1. The third-order valence-corrected chi connectivity index (χ3v) is 1.86. The summed E-state index contributed by atoms with van der Waals surface area (Å²) in [4.78, 5) is 4.65. The van der Waals surface area contributed by atoms with E-state index in [1.807, 2.05) is 24.3 Å². The Hall–Kier alpha value is -1.88. The number of benzene rings is 1. The highest BCUT2D eigenvalue weighted by Crippen LogP contribution is 2.17. The Morgan fingerprint density at radius 2 is 2.07 bits per heavy atom. The zero-order valence-electron chi connectivity index (χ0n) is 8.27. The van der Waals surface area contributed by atoms with Gasteiger partial charge in [-0.05, 0) is 24.3 Å². The summed E-state index contributed by atoms with van der Waals surface area (Å²) in [7, 11) is 1.63. The molecule has 5 nitrogen and oxygen atoms in total. The number of hydrazine groups is 1. The van der Waals surface area contributed by atoms with E-state index in [0.29, 0.717) is 6.73 Å². The summed E-state index contributed by atoms with van der Waals surface area (Å²) >= 11 is 0. The summed E-state index contributed by atoms with van der Waals surface area (Å²) in [6.45, 7) is 0.347. The number of nitrogens with zero attached hydrogens (tertiary/aromatic N) is 1.